The minimum Gasteiger partial charge on any atom is -0.491 e. The van der Waals surface area contributed by atoms with Crippen LogP contribution in [0.2, 0.25) is 0 Å². The van der Waals surface area contributed by atoms with Gasteiger partial charge in [0, 0.05) is 11.8 Å². The van der Waals surface area contributed by atoms with Crippen molar-refractivity contribution in [2.24, 2.45) is 0 Å². The molecule has 128 valence electrons. The SMILES string of the molecule is CC1Nc2ccn3ncc(c3n2)C(=O)NCCOc2ccc(F)cc21. The summed E-state index contributed by atoms with van der Waals surface area (Å²) in [7, 11) is 0. The smallest absolute Gasteiger partial charge is 0.256 e. The lowest BCUT2D eigenvalue weighted by Gasteiger charge is -2.19. The number of amides is 1. The fourth-order valence-electron chi connectivity index (χ4n) is 2.82. The van der Waals surface area contributed by atoms with Gasteiger partial charge in [-0.1, -0.05) is 0 Å². The quantitative estimate of drug-likeness (QED) is 0.655. The number of nitrogens with one attached hydrogen (secondary N) is 2. The summed E-state index contributed by atoms with van der Waals surface area (Å²) in [6.45, 7) is 2.48. The molecule has 2 aromatic heterocycles. The number of anilines is 1. The number of fused-ring (bicyclic) bond motifs is 2. The van der Waals surface area contributed by atoms with E-state index < -0.39 is 0 Å². The van der Waals surface area contributed by atoms with E-state index in [0.717, 1.165) is 0 Å². The summed E-state index contributed by atoms with van der Waals surface area (Å²) in [4.78, 5) is 16.8. The van der Waals surface area contributed by atoms with Gasteiger partial charge >= 0.3 is 0 Å². The predicted molar refractivity (Wildman–Crippen MR) is 89.3 cm³/mol. The number of rotatable bonds is 0. The van der Waals surface area contributed by atoms with E-state index in [-0.39, 0.29) is 24.4 Å². The van der Waals surface area contributed by atoms with Gasteiger partial charge in [-0.15, -0.1) is 0 Å². The number of ether oxygens (including phenoxy) is 1. The molecule has 4 rings (SSSR count). The molecule has 8 heteroatoms. The zero-order chi connectivity index (χ0) is 17.4. The zero-order valence-corrected chi connectivity index (χ0v) is 13.5. The summed E-state index contributed by atoms with van der Waals surface area (Å²) < 4.78 is 21.0. The highest BCUT2D eigenvalue weighted by Gasteiger charge is 2.18. The number of carbonyl (C=O) groups is 1. The Hall–Kier alpha value is -3.16. The summed E-state index contributed by atoms with van der Waals surface area (Å²) >= 11 is 0. The van der Waals surface area contributed by atoms with Gasteiger partial charge in [0.15, 0.2) is 5.65 Å². The van der Waals surface area contributed by atoms with Gasteiger partial charge in [0.1, 0.15) is 29.6 Å². The monoisotopic (exact) mass is 341 g/mol. The molecule has 2 bridgehead atoms. The van der Waals surface area contributed by atoms with Gasteiger partial charge in [-0.05, 0) is 31.2 Å². The number of carbonyl (C=O) groups excluding carboxylic acids is 1. The number of aromatic nitrogens is 3. The Morgan fingerprint density at radius 2 is 2.24 bits per heavy atom. The van der Waals surface area contributed by atoms with Crippen LogP contribution in [0.25, 0.3) is 5.65 Å². The molecule has 25 heavy (non-hydrogen) atoms. The fourth-order valence-corrected chi connectivity index (χ4v) is 2.82. The summed E-state index contributed by atoms with van der Waals surface area (Å²) in [5.74, 6) is 0.521. The number of nitrogens with zero attached hydrogens (tertiary/aromatic N) is 3. The zero-order valence-electron chi connectivity index (χ0n) is 13.5. The fraction of sp³-hybridized carbons (Fsp3) is 0.235. The summed E-state index contributed by atoms with van der Waals surface area (Å²) in [5, 5.41) is 10.1. The first-order valence-corrected chi connectivity index (χ1v) is 7.93. The molecule has 1 amide bonds. The highest BCUT2D eigenvalue weighted by atomic mass is 19.1. The van der Waals surface area contributed by atoms with Crippen molar-refractivity contribution >= 4 is 17.4 Å². The van der Waals surface area contributed by atoms with Crippen LogP contribution in [0, 0.1) is 5.82 Å². The molecule has 0 radical (unpaired) electrons. The molecule has 0 saturated carbocycles. The van der Waals surface area contributed by atoms with Crippen molar-refractivity contribution in [1.82, 2.24) is 19.9 Å². The number of benzene rings is 1. The van der Waals surface area contributed by atoms with E-state index in [2.05, 4.69) is 20.7 Å². The molecule has 2 N–H and O–H groups in total. The van der Waals surface area contributed by atoms with E-state index in [1.807, 2.05) is 6.92 Å². The first kappa shape index (κ1) is 15.4. The second kappa shape index (κ2) is 6.04. The number of hydrogen-bond acceptors (Lipinski definition) is 5. The summed E-state index contributed by atoms with van der Waals surface area (Å²) in [5.41, 5.74) is 1.52. The molecule has 1 aliphatic rings. The molecular formula is C17H16FN5O2. The van der Waals surface area contributed by atoms with Crippen LogP contribution in [0.4, 0.5) is 10.2 Å². The van der Waals surface area contributed by atoms with Crippen LogP contribution >= 0.6 is 0 Å². The molecule has 0 spiro atoms. The maximum atomic E-state index is 13.7. The highest BCUT2D eigenvalue weighted by molar-refractivity contribution is 5.99. The largest absolute Gasteiger partial charge is 0.491 e. The first-order chi connectivity index (χ1) is 12.1. The van der Waals surface area contributed by atoms with Gasteiger partial charge in [0.05, 0.1) is 18.8 Å². The third-order valence-electron chi connectivity index (χ3n) is 4.06. The third kappa shape index (κ3) is 2.86. The van der Waals surface area contributed by atoms with E-state index in [9.17, 15) is 9.18 Å². The lowest BCUT2D eigenvalue weighted by atomic mass is 10.1. The van der Waals surface area contributed by atoms with Gasteiger partial charge < -0.3 is 15.4 Å². The molecule has 0 saturated heterocycles. The van der Waals surface area contributed by atoms with Crippen LogP contribution < -0.4 is 15.4 Å². The first-order valence-electron chi connectivity index (χ1n) is 7.93. The average molecular weight is 341 g/mol. The van der Waals surface area contributed by atoms with Crippen LogP contribution in [0.3, 0.4) is 0 Å². The van der Waals surface area contributed by atoms with Crippen molar-refractivity contribution in [3.63, 3.8) is 0 Å². The minimum atomic E-state index is -0.338. The second-order valence-electron chi connectivity index (χ2n) is 5.79. The van der Waals surface area contributed by atoms with Crippen molar-refractivity contribution in [2.45, 2.75) is 13.0 Å². The van der Waals surface area contributed by atoms with E-state index in [1.54, 1.807) is 18.3 Å². The van der Waals surface area contributed by atoms with E-state index in [0.29, 0.717) is 34.9 Å². The van der Waals surface area contributed by atoms with Crippen molar-refractivity contribution in [1.29, 1.82) is 0 Å². The molecule has 3 aromatic rings. The Morgan fingerprint density at radius 3 is 3.12 bits per heavy atom. The van der Waals surface area contributed by atoms with Crippen LogP contribution in [0.1, 0.15) is 28.9 Å². The van der Waals surface area contributed by atoms with Gasteiger partial charge in [-0.2, -0.15) is 5.10 Å². The van der Waals surface area contributed by atoms with Crippen LogP contribution in [0.15, 0.2) is 36.7 Å². The molecule has 0 fully saturated rings. The molecule has 1 atom stereocenters. The van der Waals surface area contributed by atoms with E-state index in [4.69, 9.17) is 4.74 Å². The molecule has 1 aliphatic heterocycles. The standard InChI is InChI=1S/C17H16FN5O2/c1-10-12-8-11(18)2-3-14(12)25-7-5-19-17(24)13-9-20-23-6-4-15(21-10)22-16(13)23/h2-4,6,8-10H,5,7H2,1H3,(H,19,24)(H,21,22). The normalized spacial score (nSPS) is 17.5. The van der Waals surface area contributed by atoms with E-state index in [1.165, 1.54) is 22.8 Å². The minimum absolute atomic E-state index is 0.239. The van der Waals surface area contributed by atoms with E-state index >= 15 is 0 Å². The maximum Gasteiger partial charge on any atom is 0.256 e. The van der Waals surface area contributed by atoms with Crippen LogP contribution in [-0.4, -0.2) is 33.7 Å². The molecule has 7 nitrogen and oxygen atoms in total. The Balaban J connectivity index is 1.80. The number of halogens is 1. The maximum absolute atomic E-state index is 13.7. The Labute approximate surface area is 142 Å². The van der Waals surface area contributed by atoms with Gasteiger partial charge in [0.2, 0.25) is 0 Å². The highest BCUT2D eigenvalue weighted by Crippen LogP contribution is 2.28. The van der Waals surface area contributed by atoms with Gasteiger partial charge in [-0.3, -0.25) is 4.79 Å². The average Bonchev–Trinajstić information content (AvgIpc) is 3.02. The van der Waals surface area contributed by atoms with Crippen LogP contribution in [-0.2, 0) is 0 Å². The lowest BCUT2D eigenvalue weighted by molar-refractivity contribution is 0.0948. The second-order valence-corrected chi connectivity index (χ2v) is 5.79. The summed E-state index contributed by atoms with van der Waals surface area (Å²) in [6, 6.07) is 5.89. The summed E-state index contributed by atoms with van der Waals surface area (Å²) in [6.07, 6.45) is 3.20. The Kier molecular flexibility index (Phi) is 3.72. The topological polar surface area (TPSA) is 80.5 Å². The van der Waals surface area contributed by atoms with Gasteiger partial charge in [0.25, 0.3) is 5.91 Å². The van der Waals surface area contributed by atoms with Crippen molar-refractivity contribution in [2.75, 3.05) is 18.5 Å². The molecule has 1 aromatic carbocycles. The van der Waals surface area contributed by atoms with Crippen molar-refractivity contribution in [3.8, 4) is 5.75 Å². The van der Waals surface area contributed by atoms with Gasteiger partial charge in [-0.25, -0.2) is 13.9 Å². The Morgan fingerprint density at radius 1 is 1.36 bits per heavy atom. The molecule has 0 aliphatic carbocycles. The third-order valence-corrected chi connectivity index (χ3v) is 4.06. The molecular weight excluding hydrogens is 325 g/mol. The number of hydrogen-bond donors (Lipinski definition) is 2. The predicted octanol–water partition coefficient (Wildman–Crippen LogP) is 2.16. The Bertz CT molecular complexity index is 955. The van der Waals surface area contributed by atoms with Crippen molar-refractivity contribution in [3.05, 3.63) is 53.6 Å². The molecule has 1 unspecified atom stereocenters. The molecule has 3 heterocycles. The lowest BCUT2D eigenvalue weighted by Crippen LogP contribution is -2.28. The van der Waals surface area contributed by atoms with Crippen molar-refractivity contribution < 1.29 is 13.9 Å². The van der Waals surface area contributed by atoms with Crippen LogP contribution in [0.5, 0.6) is 5.75 Å².